The van der Waals surface area contributed by atoms with Crippen LogP contribution in [0.2, 0.25) is 0 Å². The third-order valence-electron chi connectivity index (χ3n) is 3.14. The Hall–Kier alpha value is -0.840. The zero-order valence-electron chi connectivity index (χ0n) is 11.1. The first-order valence-corrected chi connectivity index (χ1v) is 7.94. The molecule has 0 saturated heterocycles. The summed E-state index contributed by atoms with van der Waals surface area (Å²) in [6.45, 7) is 0. The van der Waals surface area contributed by atoms with Crippen LogP contribution in [0, 0.1) is 0 Å². The van der Waals surface area contributed by atoms with Gasteiger partial charge in [-0.1, -0.05) is 44.0 Å². The van der Waals surface area contributed by atoms with Crippen molar-refractivity contribution in [3.05, 3.63) is 62.5 Å². The summed E-state index contributed by atoms with van der Waals surface area (Å²) in [5.74, 6) is 0.852. The second-order valence-electron chi connectivity index (χ2n) is 4.61. The van der Waals surface area contributed by atoms with Crippen molar-refractivity contribution >= 4 is 31.9 Å². The number of aliphatic hydroxyl groups excluding tert-OH is 1. The number of hydrogen-bond acceptors (Lipinski definition) is 2. The smallest absolute Gasteiger partial charge is 0.118 e. The zero-order valence-corrected chi connectivity index (χ0v) is 14.3. The van der Waals surface area contributed by atoms with Crippen molar-refractivity contribution in [2.75, 3.05) is 7.11 Å². The number of halogens is 2. The van der Waals surface area contributed by atoms with Gasteiger partial charge >= 0.3 is 0 Å². The van der Waals surface area contributed by atoms with Crippen LogP contribution in [0.15, 0.2) is 51.4 Å². The highest BCUT2D eigenvalue weighted by atomic mass is 79.9. The van der Waals surface area contributed by atoms with Gasteiger partial charge in [0, 0.05) is 8.95 Å². The molecule has 2 nitrogen and oxygen atoms in total. The van der Waals surface area contributed by atoms with Crippen LogP contribution in [0.25, 0.3) is 0 Å². The molecule has 1 atom stereocenters. The molecule has 4 heteroatoms. The Morgan fingerprint density at radius 2 is 1.65 bits per heavy atom. The number of benzene rings is 2. The maximum atomic E-state index is 10.3. The summed E-state index contributed by atoms with van der Waals surface area (Å²) >= 11 is 6.88. The van der Waals surface area contributed by atoms with E-state index in [9.17, 15) is 5.11 Å². The third-order valence-corrected chi connectivity index (χ3v) is 4.05. The van der Waals surface area contributed by atoms with Crippen LogP contribution in [0.4, 0.5) is 0 Å². The third kappa shape index (κ3) is 4.33. The van der Waals surface area contributed by atoms with Crippen molar-refractivity contribution in [2.45, 2.75) is 18.9 Å². The average molecular weight is 400 g/mol. The fourth-order valence-corrected chi connectivity index (χ4v) is 3.36. The molecule has 0 aliphatic carbocycles. The van der Waals surface area contributed by atoms with Gasteiger partial charge in [0.25, 0.3) is 0 Å². The van der Waals surface area contributed by atoms with Crippen LogP contribution in [-0.2, 0) is 6.42 Å². The van der Waals surface area contributed by atoms with E-state index in [1.54, 1.807) is 7.11 Å². The van der Waals surface area contributed by atoms with Crippen molar-refractivity contribution < 1.29 is 9.84 Å². The van der Waals surface area contributed by atoms with E-state index in [2.05, 4.69) is 31.9 Å². The van der Waals surface area contributed by atoms with Gasteiger partial charge in [-0.3, -0.25) is 0 Å². The predicted octanol–water partition coefficient (Wildman–Crippen LogP) is 4.89. The first-order chi connectivity index (χ1) is 9.58. The van der Waals surface area contributed by atoms with Crippen molar-refractivity contribution in [1.82, 2.24) is 0 Å². The first kappa shape index (κ1) is 15.5. The van der Waals surface area contributed by atoms with E-state index < -0.39 is 6.10 Å². The molecular formula is C16H16Br2O2. The molecule has 0 fully saturated rings. The molecule has 2 aromatic carbocycles. The average Bonchev–Trinajstić information content (AvgIpc) is 2.44. The van der Waals surface area contributed by atoms with Gasteiger partial charge in [0.2, 0.25) is 0 Å². The molecule has 0 aromatic heterocycles. The minimum Gasteiger partial charge on any atom is -0.497 e. The SMILES string of the molecule is COc1ccc(CCC(O)c2cc(Br)cc(Br)c2)cc1. The molecule has 2 rings (SSSR count). The Labute approximate surface area is 136 Å². The quantitative estimate of drug-likeness (QED) is 0.775. The van der Waals surface area contributed by atoms with Crippen LogP contribution < -0.4 is 4.74 Å². The maximum Gasteiger partial charge on any atom is 0.118 e. The molecule has 0 aliphatic rings. The summed E-state index contributed by atoms with van der Waals surface area (Å²) in [6, 6.07) is 13.8. The van der Waals surface area contributed by atoms with E-state index in [1.807, 2.05) is 42.5 Å². The number of methoxy groups -OCH3 is 1. The van der Waals surface area contributed by atoms with Crippen molar-refractivity contribution in [1.29, 1.82) is 0 Å². The lowest BCUT2D eigenvalue weighted by atomic mass is 10.0. The lowest BCUT2D eigenvalue weighted by Crippen LogP contribution is -2.00. The summed E-state index contributed by atoms with van der Waals surface area (Å²) in [5.41, 5.74) is 2.11. The molecular weight excluding hydrogens is 384 g/mol. The second kappa shape index (κ2) is 7.25. The van der Waals surface area contributed by atoms with Gasteiger partial charge in [-0.25, -0.2) is 0 Å². The molecule has 1 N–H and O–H groups in total. The van der Waals surface area contributed by atoms with Crippen LogP contribution in [0.3, 0.4) is 0 Å². The molecule has 0 heterocycles. The zero-order chi connectivity index (χ0) is 14.5. The fraction of sp³-hybridized carbons (Fsp3) is 0.250. The monoisotopic (exact) mass is 398 g/mol. The van der Waals surface area contributed by atoms with Crippen LogP contribution in [-0.4, -0.2) is 12.2 Å². The topological polar surface area (TPSA) is 29.5 Å². The van der Waals surface area contributed by atoms with Gasteiger partial charge in [0.1, 0.15) is 5.75 Å². The van der Waals surface area contributed by atoms with Crippen molar-refractivity contribution in [3.8, 4) is 5.75 Å². The van der Waals surface area contributed by atoms with E-state index in [0.717, 1.165) is 26.7 Å². The van der Waals surface area contributed by atoms with E-state index in [1.165, 1.54) is 5.56 Å². The van der Waals surface area contributed by atoms with Gasteiger partial charge in [0.05, 0.1) is 13.2 Å². The normalized spacial score (nSPS) is 12.2. The standard InChI is InChI=1S/C16H16Br2O2/c1-20-15-5-2-11(3-6-15)4-7-16(19)12-8-13(17)10-14(18)9-12/h2-3,5-6,8-10,16,19H,4,7H2,1H3. The summed E-state index contributed by atoms with van der Waals surface area (Å²) in [5, 5.41) is 10.3. The highest BCUT2D eigenvalue weighted by molar-refractivity contribution is 9.11. The number of rotatable bonds is 5. The number of ether oxygens (including phenoxy) is 1. The molecule has 0 saturated carbocycles. The van der Waals surface area contributed by atoms with E-state index >= 15 is 0 Å². The van der Waals surface area contributed by atoms with E-state index in [4.69, 9.17) is 4.74 Å². The van der Waals surface area contributed by atoms with Crippen molar-refractivity contribution in [3.63, 3.8) is 0 Å². The summed E-state index contributed by atoms with van der Waals surface area (Å²) in [7, 11) is 1.66. The van der Waals surface area contributed by atoms with Gasteiger partial charge in [-0.05, 0) is 54.3 Å². The minimum absolute atomic E-state index is 0.467. The minimum atomic E-state index is -0.467. The molecule has 20 heavy (non-hydrogen) atoms. The van der Waals surface area contributed by atoms with E-state index in [0.29, 0.717) is 6.42 Å². The summed E-state index contributed by atoms with van der Waals surface area (Å²) in [4.78, 5) is 0. The van der Waals surface area contributed by atoms with Gasteiger partial charge in [-0.15, -0.1) is 0 Å². The maximum absolute atomic E-state index is 10.3. The van der Waals surface area contributed by atoms with Gasteiger partial charge < -0.3 is 9.84 Å². The predicted molar refractivity (Wildman–Crippen MR) is 88.1 cm³/mol. The lowest BCUT2D eigenvalue weighted by Gasteiger charge is -2.12. The molecule has 0 radical (unpaired) electrons. The molecule has 0 bridgehead atoms. The highest BCUT2D eigenvalue weighted by Gasteiger charge is 2.09. The molecule has 106 valence electrons. The largest absolute Gasteiger partial charge is 0.497 e. The Bertz CT molecular complexity index is 547. The fourth-order valence-electron chi connectivity index (χ4n) is 2.03. The Morgan fingerprint density at radius 3 is 2.20 bits per heavy atom. The van der Waals surface area contributed by atoms with Crippen LogP contribution in [0.1, 0.15) is 23.7 Å². The Balaban J connectivity index is 1.98. The van der Waals surface area contributed by atoms with Gasteiger partial charge in [0.15, 0.2) is 0 Å². The number of aliphatic hydroxyl groups is 1. The van der Waals surface area contributed by atoms with Crippen LogP contribution >= 0.6 is 31.9 Å². The van der Waals surface area contributed by atoms with E-state index in [-0.39, 0.29) is 0 Å². The highest BCUT2D eigenvalue weighted by Crippen LogP contribution is 2.26. The Morgan fingerprint density at radius 1 is 1.05 bits per heavy atom. The molecule has 0 amide bonds. The molecule has 0 aliphatic heterocycles. The summed E-state index contributed by atoms with van der Waals surface area (Å²) < 4.78 is 7.06. The van der Waals surface area contributed by atoms with Crippen molar-refractivity contribution in [2.24, 2.45) is 0 Å². The first-order valence-electron chi connectivity index (χ1n) is 6.35. The summed E-state index contributed by atoms with van der Waals surface area (Å²) in [6.07, 6.45) is 1.05. The molecule has 2 aromatic rings. The number of hydrogen-bond donors (Lipinski definition) is 1. The number of aryl methyl sites for hydroxylation is 1. The Kier molecular flexibility index (Phi) is 5.64. The van der Waals surface area contributed by atoms with Gasteiger partial charge in [-0.2, -0.15) is 0 Å². The molecule has 1 unspecified atom stereocenters. The second-order valence-corrected chi connectivity index (χ2v) is 6.44. The molecule has 0 spiro atoms. The lowest BCUT2D eigenvalue weighted by molar-refractivity contribution is 0.167. The van der Waals surface area contributed by atoms with Crippen LogP contribution in [0.5, 0.6) is 5.75 Å².